The van der Waals surface area contributed by atoms with E-state index in [4.69, 9.17) is 27.3 Å². The van der Waals surface area contributed by atoms with Crippen LogP contribution >= 0.6 is 0 Å². The van der Waals surface area contributed by atoms with E-state index in [0.29, 0.717) is 17.9 Å². The minimum atomic E-state index is -2.04. The first-order valence-corrected chi connectivity index (χ1v) is 8.71. The molecule has 0 bridgehead atoms. The molecule has 0 aromatic heterocycles. The summed E-state index contributed by atoms with van der Waals surface area (Å²) in [5.41, 5.74) is 15.6. The maximum Gasteiger partial charge on any atom is 0.338 e. The Balaban J connectivity index is 2.44. The molecule has 2 aromatic carbocycles. The SMILES string of the molecule is N=C(N)c1ccc(C(N)(Cc2cc(F)cc(F)c2)C(=O)OC(=O)C(N)CC=O)cc1. The van der Waals surface area contributed by atoms with Crippen molar-refractivity contribution in [3.05, 3.63) is 70.8 Å². The number of ether oxygens (including phenoxy) is 1. The van der Waals surface area contributed by atoms with Crippen LogP contribution in [-0.4, -0.2) is 30.1 Å². The molecule has 2 rings (SSSR count). The van der Waals surface area contributed by atoms with Crippen molar-refractivity contribution in [2.24, 2.45) is 17.2 Å². The minimum Gasteiger partial charge on any atom is -0.390 e. The van der Waals surface area contributed by atoms with Gasteiger partial charge in [-0.05, 0) is 23.3 Å². The van der Waals surface area contributed by atoms with Crippen molar-refractivity contribution < 1.29 is 27.9 Å². The van der Waals surface area contributed by atoms with E-state index in [1.165, 1.54) is 24.3 Å². The lowest BCUT2D eigenvalue weighted by Gasteiger charge is -2.28. The number of amidine groups is 1. The molecule has 0 fully saturated rings. The Morgan fingerprint density at radius 1 is 1.13 bits per heavy atom. The molecule has 0 heterocycles. The highest BCUT2D eigenvalue weighted by Gasteiger charge is 2.40. The van der Waals surface area contributed by atoms with Crippen molar-refractivity contribution in [1.82, 2.24) is 0 Å². The Morgan fingerprint density at radius 3 is 2.20 bits per heavy atom. The first-order valence-electron chi connectivity index (χ1n) is 8.71. The van der Waals surface area contributed by atoms with Crippen LogP contribution in [0.25, 0.3) is 0 Å². The standard InChI is InChI=1S/C20H20F2N4O4/c21-14-7-11(8-15(22)9-14)10-20(26,13-3-1-12(2-4-13)17(24)25)19(29)30-18(28)16(23)5-6-27/h1-4,6-9,16H,5,10,23,26H2,(H3,24,25). The average molecular weight is 418 g/mol. The van der Waals surface area contributed by atoms with Crippen molar-refractivity contribution in [3.8, 4) is 0 Å². The lowest BCUT2D eigenvalue weighted by atomic mass is 9.84. The molecule has 158 valence electrons. The van der Waals surface area contributed by atoms with Crippen LogP contribution in [0.1, 0.15) is 23.1 Å². The summed E-state index contributed by atoms with van der Waals surface area (Å²) >= 11 is 0. The van der Waals surface area contributed by atoms with Crippen molar-refractivity contribution in [3.63, 3.8) is 0 Å². The summed E-state index contributed by atoms with van der Waals surface area (Å²) in [6.45, 7) is 0. The quantitative estimate of drug-likeness (QED) is 0.161. The van der Waals surface area contributed by atoms with E-state index < -0.39 is 41.6 Å². The zero-order valence-electron chi connectivity index (χ0n) is 15.7. The maximum absolute atomic E-state index is 13.6. The van der Waals surface area contributed by atoms with Gasteiger partial charge in [0.05, 0.1) is 0 Å². The van der Waals surface area contributed by atoms with Crippen LogP contribution in [-0.2, 0) is 31.1 Å². The second-order valence-corrected chi connectivity index (χ2v) is 6.63. The number of carbonyl (C=O) groups excluding carboxylic acids is 3. The second-order valence-electron chi connectivity index (χ2n) is 6.63. The van der Waals surface area contributed by atoms with Crippen molar-refractivity contribution in [2.45, 2.75) is 24.4 Å². The number of halogens is 2. The summed E-state index contributed by atoms with van der Waals surface area (Å²) in [6.07, 6.45) is -0.398. The third-order valence-electron chi connectivity index (χ3n) is 4.33. The van der Waals surface area contributed by atoms with Gasteiger partial charge in [0.15, 0.2) is 0 Å². The number of carbonyl (C=O) groups is 3. The number of nitrogen functional groups attached to an aromatic ring is 1. The summed E-state index contributed by atoms with van der Waals surface area (Å²) in [4.78, 5) is 35.3. The average Bonchev–Trinajstić information content (AvgIpc) is 2.67. The largest absolute Gasteiger partial charge is 0.390 e. The number of nitrogens with two attached hydrogens (primary N) is 3. The van der Waals surface area contributed by atoms with E-state index in [9.17, 15) is 23.2 Å². The highest BCUT2D eigenvalue weighted by molar-refractivity contribution is 5.96. The molecule has 0 radical (unpaired) electrons. The van der Waals surface area contributed by atoms with Crippen LogP contribution in [0.15, 0.2) is 42.5 Å². The molecule has 2 atom stereocenters. The fraction of sp³-hybridized carbons (Fsp3) is 0.200. The molecule has 0 aliphatic heterocycles. The molecular weight excluding hydrogens is 398 g/mol. The van der Waals surface area contributed by atoms with Gasteiger partial charge in [0, 0.05) is 24.5 Å². The van der Waals surface area contributed by atoms with E-state index in [-0.39, 0.29) is 23.4 Å². The maximum atomic E-state index is 13.6. The van der Waals surface area contributed by atoms with Crippen LogP contribution in [0.4, 0.5) is 8.78 Å². The summed E-state index contributed by atoms with van der Waals surface area (Å²) in [6, 6.07) is 6.85. The van der Waals surface area contributed by atoms with E-state index >= 15 is 0 Å². The molecule has 2 aromatic rings. The molecule has 10 heteroatoms. The smallest absolute Gasteiger partial charge is 0.338 e. The molecule has 8 nitrogen and oxygen atoms in total. The number of esters is 2. The molecular formula is C20H20F2N4O4. The first-order chi connectivity index (χ1) is 14.1. The molecule has 0 aliphatic carbocycles. The predicted molar refractivity (Wildman–Crippen MR) is 103 cm³/mol. The van der Waals surface area contributed by atoms with Gasteiger partial charge < -0.3 is 26.7 Å². The molecule has 0 aliphatic rings. The number of nitrogens with one attached hydrogen (secondary N) is 1. The fourth-order valence-corrected chi connectivity index (χ4v) is 2.73. The summed E-state index contributed by atoms with van der Waals surface area (Å²) in [5.74, 6) is -4.38. The van der Waals surface area contributed by atoms with E-state index in [1.54, 1.807) is 0 Å². The zero-order chi connectivity index (χ0) is 22.5. The van der Waals surface area contributed by atoms with Gasteiger partial charge in [-0.3, -0.25) is 5.41 Å². The lowest BCUT2D eigenvalue weighted by molar-refractivity contribution is -0.165. The molecule has 0 spiro atoms. The number of aldehydes is 1. The number of hydrogen-bond donors (Lipinski definition) is 4. The van der Waals surface area contributed by atoms with Crippen LogP contribution in [0.5, 0.6) is 0 Å². The number of hydrogen-bond acceptors (Lipinski definition) is 7. The summed E-state index contributed by atoms with van der Waals surface area (Å²) < 4.78 is 32.0. The monoisotopic (exact) mass is 418 g/mol. The topological polar surface area (TPSA) is 162 Å². The fourth-order valence-electron chi connectivity index (χ4n) is 2.73. The lowest BCUT2D eigenvalue weighted by Crippen LogP contribution is -2.50. The van der Waals surface area contributed by atoms with Gasteiger partial charge in [0.2, 0.25) is 0 Å². The highest BCUT2D eigenvalue weighted by atomic mass is 19.1. The molecule has 7 N–H and O–H groups in total. The molecule has 0 saturated heterocycles. The van der Waals surface area contributed by atoms with Gasteiger partial charge in [0.1, 0.15) is 35.3 Å². The van der Waals surface area contributed by atoms with Gasteiger partial charge in [-0.25, -0.2) is 18.4 Å². The molecule has 0 saturated carbocycles. The Morgan fingerprint density at radius 2 is 1.70 bits per heavy atom. The number of benzene rings is 2. The van der Waals surface area contributed by atoms with Crippen molar-refractivity contribution in [1.29, 1.82) is 5.41 Å². The minimum absolute atomic E-state index is 0.0345. The molecule has 2 unspecified atom stereocenters. The van der Waals surface area contributed by atoms with Crippen molar-refractivity contribution in [2.75, 3.05) is 0 Å². The summed E-state index contributed by atoms with van der Waals surface area (Å²) in [5, 5.41) is 7.44. The van der Waals surface area contributed by atoms with E-state index in [0.717, 1.165) is 12.1 Å². The van der Waals surface area contributed by atoms with Gasteiger partial charge >= 0.3 is 11.9 Å². The third-order valence-corrected chi connectivity index (χ3v) is 4.33. The molecule has 30 heavy (non-hydrogen) atoms. The number of rotatable bonds is 8. The molecule has 0 amide bonds. The normalized spacial score (nSPS) is 13.7. The van der Waals surface area contributed by atoms with E-state index in [1.807, 2.05) is 0 Å². The summed E-state index contributed by atoms with van der Waals surface area (Å²) in [7, 11) is 0. The highest BCUT2D eigenvalue weighted by Crippen LogP contribution is 2.27. The van der Waals surface area contributed by atoms with Crippen LogP contribution in [0, 0.1) is 17.0 Å². The van der Waals surface area contributed by atoms with Crippen LogP contribution in [0.2, 0.25) is 0 Å². The second kappa shape index (κ2) is 9.33. The Kier molecular flexibility index (Phi) is 7.09. The first kappa shape index (κ1) is 22.8. The van der Waals surface area contributed by atoms with E-state index in [2.05, 4.69) is 0 Å². The van der Waals surface area contributed by atoms with Gasteiger partial charge in [-0.2, -0.15) is 0 Å². The Hall–Kier alpha value is -3.50. The Bertz CT molecular complexity index is 961. The Labute approximate surface area is 170 Å². The predicted octanol–water partition coefficient (Wildman–Crippen LogP) is 0.632. The van der Waals surface area contributed by atoms with Crippen molar-refractivity contribution >= 4 is 24.1 Å². The van der Waals surface area contributed by atoms with Gasteiger partial charge in [-0.15, -0.1) is 0 Å². The van der Waals surface area contributed by atoms with Gasteiger partial charge in [0.25, 0.3) is 0 Å². The van der Waals surface area contributed by atoms with Crippen LogP contribution in [0.3, 0.4) is 0 Å². The zero-order valence-corrected chi connectivity index (χ0v) is 15.7. The third kappa shape index (κ3) is 5.31. The van der Waals surface area contributed by atoms with Crippen LogP contribution < -0.4 is 17.2 Å². The van der Waals surface area contributed by atoms with Gasteiger partial charge in [-0.1, -0.05) is 24.3 Å².